The highest BCUT2D eigenvalue weighted by atomic mass is 16.5. The van der Waals surface area contributed by atoms with Crippen molar-refractivity contribution in [3.8, 4) is 11.5 Å². The molecule has 1 aromatic heterocycles. The van der Waals surface area contributed by atoms with Crippen LogP contribution in [0.2, 0.25) is 0 Å². The summed E-state index contributed by atoms with van der Waals surface area (Å²) in [4.78, 5) is 47.9. The Morgan fingerprint density at radius 3 is 2.75 bits per heavy atom. The van der Waals surface area contributed by atoms with Gasteiger partial charge in [0.25, 0.3) is 5.56 Å². The number of fused-ring (bicyclic) bond motifs is 1. The van der Waals surface area contributed by atoms with E-state index in [0.29, 0.717) is 23.1 Å². The minimum Gasteiger partial charge on any atom is -0.497 e. The Balaban J connectivity index is 1.67. The Labute approximate surface area is 185 Å². The van der Waals surface area contributed by atoms with Gasteiger partial charge in [-0.3, -0.25) is 19.4 Å². The van der Waals surface area contributed by atoms with Crippen LogP contribution in [0.4, 0.5) is 17.5 Å². The average Bonchev–Trinajstić information content (AvgIpc) is 2.78. The van der Waals surface area contributed by atoms with Crippen LogP contribution in [0.5, 0.6) is 11.5 Å². The maximum absolute atomic E-state index is 13.2. The number of nitrogens with one attached hydrogen (secondary N) is 3. The minimum absolute atomic E-state index is 0.135. The van der Waals surface area contributed by atoms with Gasteiger partial charge in [-0.2, -0.15) is 4.98 Å². The second kappa shape index (κ2) is 8.89. The second-order valence-electron chi connectivity index (χ2n) is 8.05. The number of methoxy groups -OCH3 is 2. The second-order valence-corrected chi connectivity index (χ2v) is 8.05. The lowest BCUT2D eigenvalue weighted by Crippen LogP contribution is -2.42. The molecule has 170 valence electrons. The summed E-state index contributed by atoms with van der Waals surface area (Å²) in [5.41, 5.74) is 0.102. The summed E-state index contributed by atoms with van der Waals surface area (Å²) in [6, 6.07) is 5.21. The van der Waals surface area contributed by atoms with Crippen molar-refractivity contribution >= 4 is 29.3 Å². The molecule has 2 aliphatic rings. The SMILES string of the molecule is COc1ccc(OC)c(NC(=O)[C@H]2CC(=O)Nc3nc(N4CCCC[C@H]4C)[nH]c(=O)c32)c1. The number of hydrogen-bond donors (Lipinski definition) is 3. The normalized spacial score (nSPS) is 20.2. The molecule has 1 aromatic carbocycles. The lowest BCUT2D eigenvalue weighted by molar-refractivity contribution is -0.123. The fourth-order valence-electron chi connectivity index (χ4n) is 4.26. The van der Waals surface area contributed by atoms with Crippen LogP contribution in [0.1, 0.15) is 44.1 Å². The third kappa shape index (κ3) is 4.12. The molecule has 0 radical (unpaired) electrons. The average molecular weight is 441 g/mol. The largest absolute Gasteiger partial charge is 0.497 e. The highest BCUT2D eigenvalue weighted by Gasteiger charge is 2.36. The molecule has 3 N–H and O–H groups in total. The number of piperidine rings is 1. The number of ether oxygens (including phenoxy) is 2. The molecule has 2 amide bonds. The van der Waals surface area contributed by atoms with Crippen molar-refractivity contribution in [2.45, 2.75) is 44.6 Å². The number of anilines is 3. The molecule has 4 rings (SSSR count). The highest BCUT2D eigenvalue weighted by molar-refractivity contribution is 6.05. The van der Waals surface area contributed by atoms with E-state index in [1.165, 1.54) is 14.2 Å². The predicted octanol–water partition coefficient (Wildman–Crippen LogP) is 2.23. The molecule has 10 nitrogen and oxygen atoms in total. The molecule has 0 bridgehead atoms. The Morgan fingerprint density at radius 2 is 2.03 bits per heavy atom. The molecule has 0 unspecified atom stereocenters. The summed E-state index contributed by atoms with van der Waals surface area (Å²) in [5, 5.41) is 5.43. The predicted molar refractivity (Wildman–Crippen MR) is 120 cm³/mol. The van der Waals surface area contributed by atoms with Gasteiger partial charge < -0.3 is 25.0 Å². The number of amides is 2. The summed E-state index contributed by atoms with van der Waals surface area (Å²) in [5.74, 6) is -0.347. The topological polar surface area (TPSA) is 126 Å². The molecule has 32 heavy (non-hydrogen) atoms. The zero-order valence-corrected chi connectivity index (χ0v) is 18.4. The van der Waals surface area contributed by atoms with Gasteiger partial charge in [-0.25, -0.2) is 0 Å². The number of carbonyl (C=O) groups excluding carboxylic acids is 2. The van der Waals surface area contributed by atoms with E-state index < -0.39 is 17.4 Å². The fraction of sp³-hybridized carbons (Fsp3) is 0.455. The highest BCUT2D eigenvalue weighted by Crippen LogP contribution is 2.34. The lowest BCUT2D eigenvalue weighted by Gasteiger charge is -2.34. The van der Waals surface area contributed by atoms with Crippen molar-refractivity contribution in [3.05, 3.63) is 34.1 Å². The molecule has 0 spiro atoms. The number of carbonyl (C=O) groups is 2. The number of H-pyrrole nitrogens is 1. The van der Waals surface area contributed by atoms with E-state index in [1.54, 1.807) is 18.2 Å². The summed E-state index contributed by atoms with van der Waals surface area (Å²) in [6.45, 7) is 2.85. The zero-order valence-electron chi connectivity index (χ0n) is 18.4. The van der Waals surface area contributed by atoms with Gasteiger partial charge in [-0.1, -0.05) is 0 Å². The van der Waals surface area contributed by atoms with E-state index in [4.69, 9.17) is 9.47 Å². The molecule has 2 atom stereocenters. The van der Waals surface area contributed by atoms with Crippen molar-refractivity contribution in [3.63, 3.8) is 0 Å². The third-order valence-corrected chi connectivity index (χ3v) is 5.99. The minimum atomic E-state index is -0.987. The fourth-order valence-corrected chi connectivity index (χ4v) is 4.26. The van der Waals surface area contributed by atoms with Gasteiger partial charge in [0, 0.05) is 25.1 Å². The standard InChI is InChI=1S/C22H27N5O5/c1-12-6-4-5-9-27(12)22-25-19-18(21(30)26-22)14(11-17(28)24-19)20(29)23-15-10-13(31-2)7-8-16(15)32-3/h7-8,10,12,14H,4-6,9,11H2,1-3H3,(H,23,29)(H2,24,25,26,28,30)/t12-,14+/m1/s1. The Bertz CT molecular complexity index is 1100. The van der Waals surface area contributed by atoms with Crippen LogP contribution in [0, 0.1) is 0 Å². The number of rotatable bonds is 5. The zero-order chi connectivity index (χ0) is 22.8. The molecule has 1 saturated heterocycles. The van der Waals surface area contributed by atoms with Crippen molar-refractivity contribution in [2.75, 3.05) is 36.3 Å². The molecule has 0 saturated carbocycles. The van der Waals surface area contributed by atoms with E-state index in [0.717, 1.165) is 25.8 Å². The Kier molecular flexibility index (Phi) is 6.02. The molecule has 2 aliphatic heterocycles. The van der Waals surface area contributed by atoms with Crippen LogP contribution >= 0.6 is 0 Å². The van der Waals surface area contributed by atoms with Gasteiger partial charge in [0.2, 0.25) is 17.8 Å². The third-order valence-electron chi connectivity index (χ3n) is 5.99. The Morgan fingerprint density at radius 1 is 1.22 bits per heavy atom. The van der Waals surface area contributed by atoms with E-state index in [-0.39, 0.29) is 29.8 Å². The van der Waals surface area contributed by atoms with Crippen LogP contribution in [-0.4, -0.2) is 48.6 Å². The number of benzene rings is 1. The summed E-state index contributed by atoms with van der Waals surface area (Å²) < 4.78 is 10.5. The number of aromatic amines is 1. The summed E-state index contributed by atoms with van der Waals surface area (Å²) in [6.07, 6.45) is 2.97. The summed E-state index contributed by atoms with van der Waals surface area (Å²) in [7, 11) is 3.00. The van der Waals surface area contributed by atoms with Gasteiger partial charge in [0.15, 0.2) is 0 Å². The van der Waals surface area contributed by atoms with Gasteiger partial charge >= 0.3 is 0 Å². The van der Waals surface area contributed by atoms with Gasteiger partial charge in [0.1, 0.15) is 17.3 Å². The van der Waals surface area contributed by atoms with Gasteiger partial charge in [-0.05, 0) is 38.3 Å². The first kappa shape index (κ1) is 21.7. The maximum Gasteiger partial charge on any atom is 0.258 e. The van der Waals surface area contributed by atoms with Crippen LogP contribution in [-0.2, 0) is 9.59 Å². The van der Waals surface area contributed by atoms with Crippen molar-refractivity contribution in [1.29, 1.82) is 0 Å². The number of aromatic nitrogens is 2. The van der Waals surface area contributed by atoms with E-state index in [9.17, 15) is 14.4 Å². The first-order chi connectivity index (χ1) is 15.4. The Hall–Kier alpha value is -3.56. The molecule has 1 fully saturated rings. The quantitative estimate of drug-likeness (QED) is 0.650. The van der Waals surface area contributed by atoms with Crippen molar-refractivity contribution in [1.82, 2.24) is 9.97 Å². The molecule has 0 aliphatic carbocycles. The van der Waals surface area contributed by atoms with Crippen molar-refractivity contribution < 1.29 is 19.1 Å². The summed E-state index contributed by atoms with van der Waals surface area (Å²) >= 11 is 0. The maximum atomic E-state index is 13.2. The van der Waals surface area contributed by atoms with E-state index in [2.05, 4.69) is 27.5 Å². The lowest BCUT2D eigenvalue weighted by atomic mass is 9.92. The van der Waals surface area contributed by atoms with Crippen molar-refractivity contribution in [2.24, 2.45) is 0 Å². The monoisotopic (exact) mass is 441 g/mol. The molecule has 3 heterocycles. The van der Waals surface area contributed by atoms with E-state index in [1.807, 2.05) is 4.90 Å². The first-order valence-electron chi connectivity index (χ1n) is 10.6. The first-order valence-corrected chi connectivity index (χ1v) is 10.6. The van der Waals surface area contributed by atoms with Gasteiger partial charge in [0.05, 0.1) is 31.4 Å². The van der Waals surface area contributed by atoms with E-state index >= 15 is 0 Å². The molecular formula is C22H27N5O5. The molecule has 10 heteroatoms. The molecular weight excluding hydrogens is 414 g/mol. The molecule has 2 aromatic rings. The van der Waals surface area contributed by atoms with Crippen LogP contribution in [0.15, 0.2) is 23.0 Å². The van der Waals surface area contributed by atoms with Crippen LogP contribution in [0.3, 0.4) is 0 Å². The van der Waals surface area contributed by atoms with Crippen LogP contribution < -0.4 is 30.6 Å². The smallest absolute Gasteiger partial charge is 0.258 e. The number of nitrogens with zero attached hydrogens (tertiary/aromatic N) is 2. The van der Waals surface area contributed by atoms with Gasteiger partial charge in [-0.15, -0.1) is 0 Å². The number of hydrogen-bond acceptors (Lipinski definition) is 7. The van der Waals surface area contributed by atoms with Crippen LogP contribution in [0.25, 0.3) is 0 Å².